The van der Waals surface area contributed by atoms with E-state index in [1.54, 1.807) is 54.6 Å². The van der Waals surface area contributed by atoms with Crippen molar-refractivity contribution in [3.63, 3.8) is 0 Å². The molecule has 1 amide bonds. The molecule has 0 saturated carbocycles. The summed E-state index contributed by atoms with van der Waals surface area (Å²) >= 11 is 0. The van der Waals surface area contributed by atoms with E-state index in [0.29, 0.717) is 29.2 Å². The van der Waals surface area contributed by atoms with Gasteiger partial charge in [0.1, 0.15) is 18.2 Å². The molecule has 134 valence electrons. The number of benzene rings is 3. The predicted octanol–water partition coefficient (Wildman–Crippen LogP) is 4.46. The average molecular weight is 360 g/mol. The van der Waals surface area contributed by atoms with Crippen molar-refractivity contribution in [1.82, 2.24) is 0 Å². The van der Waals surface area contributed by atoms with Crippen molar-refractivity contribution in [2.75, 3.05) is 5.32 Å². The first kappa shape index (κ1) is 18.2. The molecule has 3 rings (SSSR count). The third-order valence-corrected chi connectivity index (χ3v) is 3.83. The van der Waals surface area contributed by atoms with Crippen LogP contribution in [-0.2, 0) is 17.8 Å². The number of nitriles is 1. The topological polar surface area (TPSA) is 62.1 Å². The zero-order chi connectivity index (χ0) is 19.1. The molecule has 27 heavy (non-hydrogen) atoms. The largest absolute Gasteiger partial charge is 0.489 e. The predicted molar refractivity (Wildman–Crippen MR) is 101 cm³/mol. The number of nitrogens with one attached hydrogen (secondary N) is 1. The summed E-state index contributed by atoms with van der Waals surface area (Å²) in [4.78, 5) is 12.1. The van der Waals surface area contributed by atoms with Crippen molar-refractivity contribution < 1.29 is 13.9 Å². The van der Waals surface area contributed by atoms with Crippen LogP contribution >= 0.6 is 0 Å². The third-order valence-electron chi connectivity index (χ3n) is 3.83. The number of amides is 1. The first-order valence-corrected chi connectivity index (χ1v) is 8.38. The van der Waals surface area contributed by atoms with Gasteiger partial charge in [0.2, 0.25) is 5.91 Å². The molecule has 0 radical (unpaired) electrons. The van der Waals surface area contributed by atoms with E-state index in [2.05, 4.69) is 11.4 Å². The zero-order valence-corrected chi connectivity index (χ0v) is 14.5. The Kier molecular flexibility index (Phi) is 5.80. The van der Waals surface area contributed by atoms with E-state index in [0.717, 1.165) is 5.56 Å². The number of hydrogen-bond donors (Lipinski definition) is 1. The smallest absolute Gasteiger partial charge is 0.228 e. The minimum atomic E-state index is -0.365. The number of rotatable bonds is 6. The number of anilines is 1. The van der Waals surface area contributed by atoms with E-state index in [4.69, 9.17) is 10.00 Å². The van der Waals surface area contributed by atoms with Crippen molar-refractivity contribution in [2.24, 2.45) is 0 Å². The molecule has 1 N–H and O–H groups in total. The minimum absolute atomic E-state index is 0.0871. The molecular formula is C22H17FN2O2. The van der Waals surface area contributed by atoms with Crippen molar-refractivity contribution in [1.29, 1.82) is 5.26 Å². The van der Waals surface area contributed by atoms with E-state index in [1.807, 2.05) is 6.07 Å². The molecule has 0 atom stereocenters. The fraction of sp³-hybridized carbons (Fsp3) is 0.0909. The molecule has 3 aromatic carbocycles. The Balaban J connectivity index is 1.59. The van der Waals surface area contributed by atoms with Crippen LogP contribution in [-0.4, -0.2) is 5.91 Å². The summed E-state index contributed by atoms with van der Waals surface area (Å²) in [6, 6.07) is 22.3. The van der Waals surface area contributed by atoms with Crippen LogP contribution in [0.3, 0.4) is 0 Å². The molecule has 0 spiro atoms. The number of halogens is 1. The molecule has 5 heteroatoms. The molecular weight excluding hydrogens is 343 g/mol. The van der Waals surface area contributed by atoms with Crippen LogP contribution in [0.4, 0.5) is 10.1 Å². The molecule has 0 aliphatic carbocycles. The summed E-state index contributed by atoms with van der Waals surface area (Å²) in [7, 11) is 0. The molecule has 0 unspecified atom stereocenters. The van der Waals surface area contributed by atoms with Gasteiger partial charge in [-0.05, 0) is 47.5 Å². The second-order valence-corrected chi connectivity index (χ2v) is 5.98. The lowest BCUT2D eigenvalue weighted by Gasteiger charge is -2.10. The van der Waals surface area contributed by atoms with Gasteiger partial charge in [0, 0.05) is 11.8 Å². The van der Waals surface area contributed by atoms with Gasteiger partial charge in [-0.3, -0.25) is 4.79 Å². The Morgan fingerprint density at radius 1 is 1.00 bits per heavy atom. The van der Waals surface area contributed by atoms with Crippen molar-refractivity contribution in [3.8, 4) is 11.8 Å². The molecule has 0 aliphatic heterocycles. The number of carbonyl (C=O) groups excluding carboxylic acids is 1. The Labute approximate surface area is 156 Å². The summed E-state index contributed by atoms with van der Waals surface area (Å²) in [5.41, 5.74) is 2.67. The van der Waals surface area contributed by atoms with Crippen LogP contribution < -0.4 is 10.1 Å². The molecule has 0 bridgehead atoms. The van der Waals surface area contributed by atoms with Crippen molar-refractivity contribution in [3.05, 3.63) is 95.3 Å². The fourth-order valence-corrected chi connectivity index (χ4v) is 2.60. The second-order valence-electron chi connectivity index (χ2n) is 5.98. The Bertz CT molecular complexity index is 995. The maximum atomic E-state index is 13.2. The lowest BCUT2D eigenvalue weighted by molar-refractivity contribution is -0.115. The monoisotopic (exact) mass is 360 g/mol. The van der Waals surface area contributed by atoms with Gasteiger partial charge >= 0.3 is 0 Å². The molecule has 0 aliphatic rings. The van der Waals surface area contributed by atoms with Crippen LogP contribution in [0.15, 0.2) is 72.8 Å². The SMILES string of the molecule is N#Cc1cccc(COc2cccc(NC(=O)Cc3cccc(F)c3)c2)c1. The normalized spacial score (nSPS) is 10.1. The maximum absolute atomic E-state index is 13.2. The van der Waals surface area contributed by atoms with Crippen molar-refractivity contribution in [2.45, 2.75) is 13.0 Å². The maximum Gasteiger partial charge on any atom is 0.228 e. The van der Waals surface area contributed by atoms with Crippen LogP contribution in [0.25, 0.3) is 0 Å². The van der Waals surface area contributed by atoms with E-state index < -0.39 is 0 Å². The lowest BCUT2D eigenvalue weighted by atomic mass is 10.1. The number of ether oxygens (including phenoxy) is 1. The second kappa shape index (κ2) is 8.63. The molecule has 0 saturated heterocycles. The Morgan fingerprint density at radius 2 is 1.78 bits per heavy atom. The van der Waals surface area contributed by atoms with Crippen LogP contribution in [0.2, 0.25) is 0 Å². The third kappa shape index (κ3) is 5.41. The average Bonchev–Trinajstić information content (AvgIpc) is 2.67. The Hall–Kier alpha value is -3.65. The molecule has 0 heterocycles. The molecule has 0 fully saturated rings. The highest BCUT2D eigenvalue weighted by Crippen LogP contribution is 2.19. The zero-order valence-electron chi connectivity index (χ0n) is 14.5. The van der Waals surface area contributed by atoms with Gasteiger partial charge in [-0.15, -0.1) is 0 Å². The van der Waals surface area contributed by atoms with Gasteiger partial charge in [0.25, 0.3) is 0 Å². The van der Waals surface area contributed by atoms with Crippen LogP contribution in [0.1, 0.15) is 16.7 Å². The first-order valence-electron chi connectivity index (χ1n) is 8.38. The number of hydrogen-bond acceptors (Lipinski definition) is 3. The lowest BCUT2D eigenvalue weighted by Crippen LogP contribution is -2.14. The highest BCUT2D eigenvalue weighted by atomic mass is 19.1. The standard InChI is InChI=1S/C22H17FN2O2/c23-19-7-2-4-16(11-19)12-22(26)25-20-8-3-9-21(13-20)27-15-18-6-1-5-17(10-18)14-24/h1-11,13H,12,15H2,(H,25,26). The Morgan fingerprint density at radius 3 is 2.59 bits per heavy atom. The van der Waals surface area contributed by atoms with Gasteiger partial charge in [0.05, 0.1) is 18.1 Å². The summed E-state index contributed by atoms with van der Waals surface area (Å²) in [5.74, 6) is -0.00319. The molecule has 3 aromatic rings. The van der Waals surface area contributed by atoms with Gasteiger partial charge in [-0.25, -0.2) is 4.39 Å². The highest BCUT2D eigenvalue weighted by molar-refractivity contribution is 5.92. The summed E-state index contributed by atoms with van der Waals surface area (Å²) in [6.07, 6.45) is 0.0871. The number of nitrogens with zero attached hydrogens (tertiary/aromatic N) is 1. The van der Waals surface area contributed by atoms with Crippen LogP contribution in [0.5, 0.6) is 5.75 Å². The van der Waals surface area contributed by atoms with E-state index >= 15 is 0 Å². The number of carbonyl (C=O) groups is 1. The molecule has 0 aromatic heterocycles. The van der Waals surface area contributed by atoms with E-state index in [9.17, 15) is 9.18 Å². The summed E-state index contributed by atoms with van der Waals surface area (Å²) in [6.45, 7) is 0.316. The van der Waals surface area contributed by atoms with Gasteiger partial charge in [-0.2, -0.15) is 5.26 Å². The van der Waals surface area contributed by atoms with E-state index in [-0.39, 0.29) is 18.1 Å². The quantitative estimate of drug-likeness (QED) is 0.706. The summed E-state index contributed by atoms with van der Waals surface area (Å²) in [5, 5.41) is 11.7. The minimum Gasteiger partial charge on any atom is -0.489 e. The van der Waals surface area contributed by atoms with Gasteiger partial charge in [0.15, 0.2) is 0 Å². The highest BCUT2D eigenvalue weighted by Gasteiger charge is 2.06. The summed E-state index contributed by atoms with van der Waals surface area (Å²) < 4.78 is 18.9. The van der Waals surface area contributed by atoms with Crippen LogP contribution in [0, 0.1) is 17.1 Å². The first-order chi connectivity index (χ1) is 13.1. The van der Waals surface area contributed by atoms with Crippen molar-refractivity contribution >= 4 is 11.6 Å². The van der Waals surface area contributed by atoms with Gasteiger partial charge < -0.3 is 10.1 Å². The fourth-order valence-electron chi connectivity index (χ4n) is 2.60. The van der Waals surface area contributed by atoms with Gasteiger partial charge in [-0.1, -0.05) is 30.3 Å². The van der Waals surface area contributed by atoms with E-state index in [1.165, 1.54) is 12.1 Å². The molecule has 4 nitrogen and oxygen atoms in total.